The minimum absolute atomic E-state index is 0.0610. The normalized spacial score (nSPS) is 14.6. The van der Waals surface area contributed by atoms with Crippen molar-refractivity contribution in [3.05, 3.63) is 41.5 Å². The van der Waals surface area contributed by atoms with Crippen LogP contribution in [0.5, 0.6) is 5.75 Å². The maximum absolute atomic E-state index is 11.9. The fraction of sp³-hybridized carbons (Fsp3) is 0.471. The molecule has 0 aromatic heterocycles. The van der Waals surface area contributed by atoms with E-state index in [1.54, 1.807) is 7.11 Å². The smallest absolute Gasteiger partial charge is 0.224 e. The van der Waals surface area contributed by atoms with Gasteiger partial charge < -0.3 is 10.1 Å². The number of nitrogens with one attached hydrogen (secondary N) is 1. The van der Waals surface area contributed by atoms with E-state index < -0.39 is 0 Å². The summed E-state index contributed by atoms with van der Waals surface area (Å²) in [6.45, 7) is 0.736. The molecule has 0 saturated heterocycles. The molecule has 1 aliphatic carbocycles. The third-order valence-electron chi connectivity index (χ3n) is 3.70. The number of hydrogen-bond donors (Lipinski definition) is 1. The Hall–Kier alpha value is -1.77. The van der Waals surface area contributed by atoms with Gasteiger partial charge in [-0.2, -0.15) is 0 Å². The molecule has 108 valence electrons. The Kier molecular flexibility index (Phi) is 5.66. The van der Waals surface area contributed by atoms with Gasteiger partial charge in [0.05, 0.1) is 13.5 Å². The molecule has 0 unspecified atom stereocenters. The van der Waals surface area contributed by atoms with Gasteiger partial charge in [-0.05, 0) is 38.2 Å². The van der Waals surface area contributed by atoms with Crippen molar-refractivity contribution in [2.24, 2.45) is 0 Å². The predicted octanol–water partition coefficient (Wildman–Crippen LogP) is 3.24. The second kappa shape index (κ2) is 7.73. The summed E-state index contributed by atoms with van der Waals surface area (Å²) in [5, 5.41) is 2.99. The second-order valence-electron chi connectivity index (χ2n) is 5.20. The van der Waals surface area contributed by atoms with Crippen molar-refractivity contribution in [1.82, 2.24) is 5.32 Å². The van der Waals surface area contributed by atoms with Crippen LogP contribution in [-0.2, 0) is 11.2 Å². The molecular formula is C17H23NO2. The van der Waals surface area contributed by atoms with E-state index in [9.17, 15) is 4.79 Å². The highest BCUT2D eigenvalue weighted by Crippen LogP contribution is 2.20. The average molecular weight is 273 g/mol. The maximum Gasteiger partial charge on any atom is 0.224 e. The lowest BCUT2D eigenvalue weighted by molar-refractivity contribution is -0.120. The molecule has 3 nitrogen and oxygen atoms in total. The molecule has 3 heteroatoms. The number of carbonyl (C=O) groups excluding carboxylic acids is 1. The molecule has 0 radical (unpaired) electrons. The number of hydrogen-bond acceptors (Lipinski definition) is 2. The summed E-state index contributed by atoms with van der Waals surface area (Å²) in [4.78, 5) is 11.9. The van der Waals surface area contributed by atoms with Crippen LogP contribution in [0.3, 0.4) is 0 Å². The van der Waals surface area contributed by atoms with E-state index in [4.69, 9.17) is 4.74 Å². The number of rotatable bonds is 6. The van der Waals surface area contributed by atoms with E-state index >= 15 is 0 Å². The summed E-state index contributed by atoms with van der Waals surface area (Å²) < 4.78 is 5.26. The average Bonchev–Trinajstić information content (AvgIpc) is 2.49. The Balaban J connectivity index is 1.76. The molecule has 1 amide bonds. The minimum Gasteiger partial charge on any atom is -0.496 e. The number of carbonyl (C=O) groups is 1. The molecule has 0 atom stereocenters. The zero-order valence-corrected chi connectivity index (χ0v) is 12.2. The predicted molar refractivity (Wildman–Crippen MR) is 80.9 cm³/mol. The van der Waals surface area contributed by atoms with Gasteiger partial charge in [0.1, 0.15) is 5.75 Å². The van der Waals surface area contributed by atoms with Crippen LogP contribution in [0.2, 0.25) is 0 Å². The number of ether oxygens (including phenoxy) is 1. The van der Waals surface area contributed by atoms with Crippen molar-refractivity contribution in [1.29, 1.82) is 0 Å². The highest BCUT2D eigenvalue weighted by Gasteiger charge is 2.08. The van der Waals surface area contributed by atoms with E-state index in [2.05, 4.69) is 11.4 Å². The van der Waals surface area contributed by atoms with E-state index in [-0.39, 0.29) is 5.91 Å². The number of para-hydroxylation sites is 1. The molecule has 1 aliphatic rings. The molecule has 0 saturated carbocycles. The third kappa shape index (κ3) is 4.41. The van der Waals surface area contributed by atoms with E-state index in [1.165, 1.54) is 31.3 Å². The first-order valence-electron chi connectivity index (χ1n) is 7.36. The molecule has 1 aromatic carbocycles. The van der Waals surface area contributed by atoms with Crippen LogP contribution < -0.4 is 10.1 Å². The largest absolute Gasteiger partial charge is 0.496 e. The molecule has 1 aromatic rings. The van der Waals surface area contributed by atoms with Crippen molar-refractivity contribution in [3.8, 4) is 5.75 Å². The Labute approximate surface area is 121 Å². The van der Waals surface area contributed by atoms with Crippen molar-refractivity contribution >= 4 is 5.91 Å². The van der Waals surface area contributed by atoms with Crippen LogP contribution in [0.1, 0.15) is 37.7 Å². The van der Waals surface area contributed by atoms with Gasteiger partial charge in [-0.15, -0.1) is 0 Å². The molecule has 20 heavy (non-hydrogen) atoms. The van der Waals surface area contributed by atoms with Gasteiger partial charge in [0, 0.05) is 12.1 Å². The quantitative estimate of drug-likeness (QED) is 0.808. The summed E-state index contributed by atoms with van der Waals surface area (Å²) in [6, 6.07) is 7.66. The molecule has 0 aliphatic heterocycles. The fourth-order valence-corrected chi connectivity index (χ4v) is 2.58. The van der Waals surface area contributed by atoms with Crippen molar-refractivity contribution in [2.75, 3.05) is 13.7 Å². The van der Waals surface area contributed by atoms with Crippen LogP contribution in [0.15, 0.2) is 35.9 Å². The van der Waals surface area contributed by atoms with Crippen LogP contribution in [0.4, 0.5) is 0 Å². The molecular weight excluding hydrogens is 250 g/mol. The van der Waals surface area contributed by atoms with Crippen LogP contribution in [0.25, 0.3) is 0 Å². The van der Waals surface area contributed by atoms with Crippen molar-refractivity contribution in [2.45, 2.75) is 38.5 Å². The van der Waals surface area contributed by atoms with E-state index in [1.807, 2.05) is 24.3 Å². The number of benzene rings is 1. The first-order chi connectivity index (χ1) is 9.79. The summed E-state index contributed by atoms with van der Waals surface area (Å²) in [7, 11) is 1.63. The standard InChI is InChI=1S/C17H23NO2/c1-20-16-10-6-5-9-15(16)13-17(19)18-12-11-14-7-3-2-4-8-14/h5-7,9-10H,2-4,8,11-13H2,1H3,(H,18,19). The topological polar surface area (TPSA) is 38.3 Å². The van der Waals surface area contributed by atoms with E-state index in [0.717, 1.165) is 24.3 Å². The Bertz CT molecular complexity index is 480. The summed E-state index contributed by atoms with van der Waals surface area (Å²) in [6.07, 6.45) is 8.69. The SMILES string of the molecule is COc1ccccc1CC(=O)NCCC1=CCCCC1. The molecule has 1 N–H and O–H groups in total. The zero-order chi connectivity index (χ0) is 14.2. The lowest BCUT2D eigenvalue weighted by Gasteiger charge is -2.13. The van der Waals surface area contributed by atoms with Gasteiger partial charge in [0.25, 0.3) is 0 Å². The monoisotopic (exact) mass is 273 g/mol. The number of amides is 1. The Morgan fingerprint density at radius 3 is 2.90 bits per heavy atom. The van der Waals surface area contributed by atoms with Gasteiger partial charge in [0.2, 0.25) is 5.91 Å². The third-order valence-corrected chi connectivity index (χ3v) is 3.70. The van der Waals surface area contributed by atoms with Crippen LogP contribution >= 0.6 is 0 Å². The summed E-state index contributed by atoms with van der Waals surface area (Å²) in [5.41, 5.74) is 2.43. The minimum atomic E-state index is 0.0610. The Morgan fingerprint density at radius 1 is 1.30 bits per heavy atom. The molecule has 0 heterocycles. The molecule has 0 spiro atoms. The molecule has 0 bridgehead atoms. The maximum atomic E-state index is 11.9. The molecule has 0 fully saturated rings. The first kappa shape index (κ1) is 14.6. The zero-order valence-electron chi connectivity index (χ0n) is 12.2. The fourth-order valence-electron chi connectivity index (χ4n) is 2.58. The summed E-state index contributed by atoms with van der Waals surface area (Å²) in [5.74, 6) is 0.837. The van der Waals surface area contributed by atoms with Gasteiger partial charge >= 0.3 is 0 Å². The van der Waals surface area contributed by atoms with Crippen molar-refractivity contribution < 1.29 is 9.53 Å². The Morgan fingerprint density at radius 2 is 2.15 bits per heavy atom. The second-order valence-corrected chi connectivity index (χ2v) is 5.20. The van der Waals surface area contributed by atoms with Gasteiger partial charge in [-0.25, -0.2) is 0 Å². The molecule has 2 rings (SSSR count). The summed E-state index contributed by atoms with van der Waals surface area (Å²) >= 11 is 0. The van der Waals surface area contributed by atoms with Crippen LogP contribution in [0, 0.1) is 0 Å². The van der Waals surface area contributed by atoms with Gasteiger partial charge in [-0.1, -0.05) is 29.8 Å². The van der Waals surface area contributed by atoms with Crippen molar-refractivity contribution in [3.63, 3.8) is 0 Å². The number of allylic oxidation sites excluding steroid dienone is 1. The lowest BCUT2D eigenvalue weighted by atomic mass is 9.97. The highest BCUT2D eigenvalue weighted by molar-refractivity contribution is 5.79. The van der Waals surface area contributed by atoms with Crippen LogP contribution in [-0.4, -0.2) is 19.6 Å². The van der Waals surface area contributed by atoms with Gasteiger partial charge in [0.15, 0.2) is 0 Å². The van der Waals surface area contributed by atoms with Gasteiger partial charge in [-0.3, -0.25) is 4.79 Å². The lowest BCUT2D eigenvalue weighted by Crippen LogP contribution is -2.26. The van der Waals surface area contributed by atoms with E-state index in [0.29, 0.717) is 6.42 Å². The first-order valence-corrected chi connectivity index (χ1v) is 7.36. The number of methoxy groups -OCH3 is 1. The highest BCUT2D eigenvalue weighted by atomic mass is 16.5.